The fourth-order valence-electron chi connectivity index (χ4n) is 2.09. The van der Waals surface area contributed by atoms with E-state index in [2.05, 4.69) is 42.7 Å². The number of aryl methyl sites for hydroxylation is 1. The first-order chi connectivity index (χ1) is 11.2. The summed E-state index contributed by atoms with van der Waals surface area (Å²) >= 11 is 3.52. The average molecular weight is 349 g/mol. The van der Waals surface area contributed by atoms with Crippen LogP contribution >= 0.6 is 23.1 Å². The van der Waals surface area contributed by atoms with Gasteiger partial charge in [-0.1, -0.05) is 36.4 Å². The summed E-state index contributed by atoms with van der Waals surface area (Å²) in [6.07, 6.45) is 6.07. The van der Waals surface area contributed by atoms with Gasteiger partial charge in [-0.3, -0.25) is 9.98 Å². The maximum atomic E-state index is 4.71. The Morgan fingerprint density at radius 2 is 2.22 bits per heavy atom. The number of hydrogen-bond donors (Lipinski definition) is 0. The maximum Gasteiger partial charge on any atom is 0.164 e. The molecule has 6 heteroatoms. The summed E-state index contributed by atoms with van der Waals surface area (Å²) in [5.41, 5.74) is 2.10. The van der Waals surface area contributed by atoms with Crippen molar-refractivity contribution in [3.63, 3.8) is 0 Å². The molecule has 2 heterocycles. The quantitative estimate of drug-likeness (QED) is 0.425. The molecule has 2 aromatic heterocycles. The summed E-state index contributed by atoms with van der Waals surface area (Å²) in [6, 6.07) is 3.99. The summed E-state index contributed by atoms with van der Waals surface area (Å²) in [5, 5.41) is 3.23. The van der Waals surface area contributed by atoms with Crippen molar-refractivity contribution >= 4 is 33.3 Å². The molecule has 2 aromatic rings. The van der Waals surface area contributed by atoms with Gasteiger partial charge >= 0.3 is 0 Å². The van der Waals surface area contributed by atoms with Crippen LogP contribution in [0.2, 0.25) is 0 Å². The van der Waals surface area contributed by atoms with Crippen LogP contribution in [0.15, 0.2) is 29.5 Å². The van der Waals surface area contributed by atoms with Gasteiger partial charge in [0.25, 0.3) is 0 Å². The van der Waals surface area contributed by atoms with Crippen molar-refractivity contribution in [3.05, 3.63) is 30.2 Å². The minimum absolute atomic E-state index is 0.798. The van der Waals surface area contributed by atoms with E-state index >= 15 is 0 Å². The van der Waals surface area contributed by atoms with Crippen molar-refractivity contribution in [1.29, 1.82) is 0 Å². The van der Waals surface area contributed by atoms with Crippen molar-refractivity contribution in [3.8, 4) is 10.6 Å². The van der Waals surface area contributed by atoms with E-state index in [4.69, 9.17) is 4.98 Å². The Bertz CT molecular complexity index is 637. The standard InChI is InChI=1S/C17H24N4S2/c1-5-7-11-22-17(19-6-2)21(4)16-13(3)20-15(23-16)14-9-8-10-18-12-14/h8-10,12H,5-7,11H2,1-4H3/b19-17-. The Labute approximate surface area is 147 Å². The van der Waals surface area contributed by atoms with E-state index < -0.39 is 0 Å². The third kappa shape index (κ3) is 4.78. The molecule has 0 bridgehead atoms. The summed E-state index contributed by atoms with van der Waals surface area (Å²) in [6.45, 7) is 7.15. The number of thioether (sulfide) groups is 1. The Balaban J connectivity index is 2.22. The van der Waals surface area contributed by atoms with Gasteiger partial charge in [0, 0.05) is 37.3 Å². The number of aromatic nitrogens is 2. The van der Waals surface area contributed by atoms with Crippen molar-refractivity contribution in [2.75, 3.05) is 24.2 Å². The van der Waals surface area contributed by atoms with E-state index in [9.17, 15) is 0 Å². The second-order valence-corrected chi connectivity index (χ2v) is 7.21. The summed E-state index contributed by atoms with van der Waals surface area (Å²) in [7, 11) is 2.08. The Hall–Kier alpha value is -1.40. The molecule has 23 heavy (non-hydrogen) atoms. The number of anilines is 1. The fraction of sp³-hybridized carbons (Fsp3) is 0.471. The van der Waals surface area contributed by atoms with Crippen molar-refractivity contribution in [2.45, 2.75) is 33.6 Å². The molecule has 0 aliphatic heterocycles. The number of thiazole rings is 1. The molecule has 0 unspecified atom stereocenters. The molecule has 0 saturated heterocycles. The molecule has 2 rings (SSSR count). The van der Waals surface area contributed by atoms with Gasteiger partial charge < -0.3 is 4.90 Å². The van der Waals surface area contributed by atoms with E-state index in [-0.39, 0.29) is 0 Å². The highest BCUT2D eigenvalue weighted by Crippen LogP contribution is 2.34. The second kappa shape index (κ2) is 9.03. The Kier molecular flexibility index (Phi) is 7.05. The van der Waals surface area contributed by atoms with Crippen LogP contribution in [0, 0.1) is 6.92 Å². The molecule has 0 aliphatic rings. The number of aliphatic imine (C=N–C) groups is 1. The summed E-state index contributed by atoms with van der Waals surface area (Å²) in [5.74, 6) is 1.10. The zero-order valence-electron chi connectivity index (χ0n) is 14.2. The largest absolute Gasteiger partial charge is 0.314 e. The average Bonchev–Trinajstić information content (AvgIpc) is 2.96. The Morgan fingerprint density at radius 1 is 1.39 bits per heavy atom. The van der Waals surface area contributed by atoms with Gasteiger partial charge in [-0.15, -0.1) is 0 Å². The molecular weight excluding hydrogens is 324 g/mol. The highest BCUT2D eigenvalue weighted by Gasteiger charge is 2.17. The third-order valence-electron chi connectivity index (χ3n) is 3.29. The van der Waals surface area contributed by atoms with Gasteiger partial charge in [-0.2, -0.15) is 0 Å². The monoisotopic (exact) mass is 348 g/mol. The summed E-state index contributed by atoms with van der Waals surface area (Å²) < 4.78 is 0. The van der Waals surface area contributed by atoms with Gasteiger partial charge in [0.05, 0.1) is 5.69 Å². The smallest absolute Gasteiger partial charge is 0.164 e. The number of rotatable bonds is 6. The molecule has 0 radical (unpaired) electrons. The van der Waals surface area contributed by atoms with Gasteiger partial charge in [-0.05, 0) is 32.4 Å². The van der Waals surface area contributed by atoms with E-state index in [1.165, 1.54) is 12.8 Å². The van der Waals surface area contributed by atoms with E-state index in [1.807, 2.05) is 30.1 Å². The van der Waals surface area contributed by atoms with Gasteiger partial charge in [0.1, 0.15) is 10.0 Å². The molecule has 0 saturated carbocycles. The lowest BCUT2D eigenvalue weighted by Gasteiger charge is -2.19. The van der Waals surface area contributed by atoms with Crippen molar-refractivity contribution in [1.82, 2.24) is 9.97 Å². The maximum absolute atomic E-state index is 4.71. The van der Waals surface area contributed by atoms with Gasteiger partial charge in [0.15, 0.2) is 5.17 Å². The number of hydrogen-bond acceptors (Lipinski definition) is 5. The van der Waals surface area contributed by atoms with E-state index in [1.54, 1.807) is 17.5 Å². The summed E-state index contributed by atoms with van der Waals surface area (Å²) in [4.78, 5) is 15.7. The number of unbranched alkanes of at least 4 members (excludes halogenated alkanes) is 1. The molecule has 0 fully saturated rings. The SMILES string of the molecule is CCCCS/C(=N\CC)N(C)c1sc(-c2cccnc2)nc1C. The topological polar surface area (TPSA) is 41.4 Å². The molecule has 124 valence electrons. The molecule has 0 N–H and O–H groups in total. The predicted molar refractivity (Wildman–Crippen MR) is 104 cm³/mol. The lowest BCUT2D eigenvalue weighted by atomic mass is 10.3. The lowest BCUT2D eigenvalue weighted by molar-refractivity contribution is 0.898. The first kappa shape index (κ1) is 17.9. The van der Waals surface area contributed by atoms with Crippen LogP contribution in [-0.2, 0) is 0 Å². The van der Waals surface area contributed by atoms with E-state index in [0.29, 0.717) is 0 Å². The fourth-order valence-corrected chi connectivity index (χ4v) is 4.29. The second-order valence-electron chi connectivity index (χ2n) is 5.17. The van der Waals surface area contributed by atoms with Gasteiger partial charge in [0.2, 0.25) is 0 Å². The van der Waals surface area contributed by atoms with Crippen LogP contribution in [0.25, 0.3) is 10.6 Å². The van der Waals surface area contributed by atoms with Crippen LogP contribution in [0.4, 0.5) is 5.00 Å². The molecule has 0 spiro atoms. The van der Waals surface area contributed by atoms with Crippen molar-refractivity contribution < 1.29 is 0 Å². The highest BCUT2D eigenvalue weighted by molar-refractivity contribution is 8.14. The van der Waals surface area contributed by atoms with Crippen LogP contribution < -0.4 is 4.90 Å². The minimum atomic E-state index is 0.798. The molecule has 0 atom stereocenters. The molecule has 0 aliphatic carbocycles. The van der Waals surface area contributed by atoms with Crippen LogP contribution in [0.1, 0.15) is 32.4 Å². The van der Waals surface area contributed by atoms with E-state index in [0.717, 1.165) is 38.7 Å². The highest BCUT2D eigenvalue weighted by atomic mass is 32.2. The normalized spacial score (nSPS) is 11.7. The van der Waals surface area contributed by atoms with Crippen LogP contribution in [0.5, 0.6) is 0 Å². The minimum Gasteiger partial charge on any atom is -0.314 e. The Morgan fingerprint density at radius 3 is 2.87 bits per heavy atom. The molecular formula is C17H24N4S2. The predicted octanol–water partition coefficient (Wildman–Crippen LogP) is 4.86. The van der Waals surface area contributed by atoms with Crippen LogP contribution in [0.3, 0.4) is 0 Å². The third-order valence-corrected chi connectivity index (χ3v) is 5.73. The molecule has 0 amide bonds. The van der Waals surface area contributed by atoms with Crippen LogP contribution in [-0.4, -0.2) is 34.5 Å². The lowest BCUT2D eigenvalue weighted by Crippen LogP contribution is -2.24. The molecule has 4 nitrogen and oxygen atoms in total. The zero-order valence-corrected chi connectivity index (χ0v) is 15.9. The van der Waals surface area contributed by atoms with Crippen molar-refractivity contribution in [2.24, 2.45) is 4.99 Å². The number of pyridine rings is 1. The zero-order chi connectivity index (χ0) is 16.7. The number of nitrogens with zero attached hydrogens (tertiary/aromatic N) is 4. The first-order valence-corrected chi connectivity index (χ1v) is 9.76. The first-order valence-electron chi connectivity index (χ1n) is 7.96. The molecule has 0 aromatic carbocycles. The van der Waals surface area contributed by atoms with Gasteiger partial charge in [-0.25, -0.2) is 4.98 Å². The number of amidine groups is 1.